The van der Waals surface area contributed by atoms with E-state index in [0.29, 0.717) is 0 Å². The van der Waals surface area contributed by atoms with Gasteiger partial charge in [0, 0.05) is 12.6 Å². The predicted molar refractivity (Wildman–Crippen MR) is 53.0 cm³/mol. The predicted octanol–water partition coefficient (Wildman–Crippen LogP) is -0.847. The van der Waals surface area contributed by atoms with E-state index in [1.807, 2.05) is 0 Å². The van der Waals surface area contributed by atoms with E-state index in [-0.39, 0.29) is 18.7 Å². The van der Waals surface area contributed by atoms with Crippen LogP contribution in [0, 0.1) is 0 Å². The highest BCUT2D eigenvalue weighted by Crippen LogP contribution is 1.94. The van der Waals surface area contributed by atoms with E-state index >= 15 is 0 Å². The zero-order valence-corrected chi connectivity index (χ0v) is 8.90. The Morgan fingerprint density at radius 3 is 2.56 bits per heavy atom. The smallest absolute Gasteiger partial charge is 0.353 e. The number of hydrogen-bond acceptors (Lipinski definition) is 4. The van der Waals surface area contributed by atoms with Gasteiger partial charge in [0.2, 0.25) is 0 Å². The zero-order valence-electron chi connectivity index (χ0n) is 8.08. The Hall–Kier alpha value is -1.61. The van der Waals surface area contributed by atoms with Crippen LogP contribution in [0.5, 0.6) is 0 Å². The molecule has 0 bridgehead atoms. The largest absolute Gasteiger partial charge is 0.477 e. The van der Waals surface area contributed by atoms with Crippen LogP contribution in [0.25, 0.3) is 0 Å². The normalized spacial score (nSPS) is 11.6. The van der Waals surface area contributed by atoms with Crippen LogP contribution in [0.3, 0.4) is 0 Å². The Morgan fingerprint density at radius 1 is 1.50 bits per heavy atom. The lowest BCUT2D eigenvalue weighted by atomic mass is 10.4. The molecule has 1 rings (SSSR count). The molecule has 0 saturated heterocycles. The molecule has 1 aromatic heterocycles. The first-order chi connectivity index (χ1) is 7.29. The number of aromatic amines is 1. The Labute approximate surface area is 90.2 Å². The topological polar surface area (TPSA) is 129 Å². The first kappa shape index (κ1) is 12.5. The zero-order chi connectivity index (χ0) is 12.3. The van der Waals surface area contributed by atoms with Crippen LogP contribution in [0.2, 0.25) is 0 Å². The van der Waals surface area contributed by atoms with Crippen molar-refractivity contribution in [3.63, 3.8) is 0 Å². The highest BCUT2D eigenvalue weighted by Gasteiger charge is 2.10. The van der Waals surface area contributed by atoms with Gasteiger partial charge < -0.3 is 5.11 Å². The van der Waals surface area contributed by atoms with Crippen LogP contribution < -0.4 is 5.56 Å². The minimum absolute atomic E-state index is 0.00803. The maximum atomic E-state index is 11.2. The molecule has 0 aliphatic rings. The summed E-state index contributed by atoms with van der Waals surface area (Å²) in [4.78, 5) is 21.6. The molecule has 9 heteroatoms. The van der Waals surface area contributed by atoms with E-state index in [2.05, 4.69) is 5.10 Å². The lowest BCUT2D eigenvalue weighted by Crippen LogP contribution is -2.18. The molecule has 0 spiro atoms. The summed E-state index contributed by atoms with van der Waals surface area (Å²) in [7, 11) is -4.06. The number of nitrogens with zero attached hydrogens (tertiary/aromatic N) is 1. The maximum Gasteiger partial charge on any atom is 0.353 e. The highest BCUT2D eigenvalue weighted by atomic mass is 32.2. The third kappa shape index (κ3) is 3.51. The summed E-state index contributed by atoms with van der Waals surface area (Å²) in [5, 5.41) is 10.9. The Balaban J connectivity index is 2.68. The Bertz CT molecular complexity index is 539. The summed E-state index contributed by atoms with van der Waals surface area (Å²) in [5.74, 6) is -1.76. The number of carbonyl (C=O) groups is 1. The molecule has 0 aromatic carbocycles. The number of rotatable bonds is 5. The van der Waals surface area contributed by atoms with Crippen LogP contribution >= 0.6 is 0 Å². The summed E-state index contributed by atoms with van der Waals surface area (Å²) in [6.07, 6.45) is 0.0122. The number of aromatic carboxylic acids is 1. The van der Waals surface area contributed by atoms with E-state index in [9.17, 15) is 18.0 Å². The van der Waals surface area contributed by atoms with E-state index in [1.54, 1.807) is 0 Å². The van der Waals surface area contributed by atoms with Crippen LogP contribution in [0.1, 0.15) is 16.9 Å². The molecule has 0 amide bonds. The molecule has 1 heterocycles. The minimum atomic E-state index is -4.06. The number of aromatic nitrogens is 2. The molecular formula is C7H10N2O6S. The molecule has 1 aromatic rings. The van der Waals surface area contributed by atoms with Gasteiger partial charge in [-0.05, 0) is 6.42 Å². The van der Waals surface area contributed by atoms with Crippen LogP contribution in [0.4, 0.5) is 0 Å². The van der Waals surface area contributed by atoms with Gasteiger partial charge in [0.15, 0.2) is 0 Å². The van der Waals surface area contributed by atoms with E-state index in [0.717, 1.165) is 10.7 Å². The van der Waals surface area contributed by atoms with Gasteiger partial charge in [0.25, 0.3) is 15.7 Å². The second kappa shape index (κ2) is 4.49. The molecule has 0 saturated carbocycles. The second-order valence-electron chi connectivity index (χ2n) is 3.10. The molecule has 0 atom stereocenters. The number of nitrogens with one attached hydrogen (secondary N) is 1. The van der Waals surface area contributed by atoms with Gasteiger partial charge in [0.1, 0.15) is 5.69 Å². The van der Waals surface area contributed by atoms with Crippen molar-refractivity contribution in [2.24, 2.45) is 0 Å². The summed E-state index contributed by atoms with van der Waals surface area (Å²) < 4.78 is 30.2. The number of H-pyrrole nitrogens is 1. The lowest BCUT2D eigenvalue weighted by molar-refractivity contribution is 0.0689. The maximum absolute atomic E-state index is 11.2. The molecule has 0 aliphatic heterocycles. The van der Waals surface area contributed by atoms with Crippen molar-refractivity contribution in [3.8, 4) is 0 Å². The van der Waals surface area contributed by atoms with Crippen LogP contribution in [-0.2, 0) is 16.7 Å². The van der Waals surface area contributed by atoms with Crippen molar-refractivity contribution < 1.29 is 22.9 Å². The molecular weight excluding hydrogens is 240 g/mol. The van der Waals surface area contributed by atoms with Gasteiger partial charge in [-0.15, -0.1) is 0 Å². The molecule has 8 nitrogen and oxygen atoms in total. The van der Waals surface area contributed by atoms with Gasteiger partial charge in [-0.3, -0.25) is 19.1 Å². The molecule has 0 fully saturated rings. The van der Waals surface area contributed by atoms with Gasteiger partial charge in [-0.25, -0.2) is 4.79 Å². The van der Waals surface area contributed by atoms with Gasteiger partial charge >= 0.3 is 5.97 Å². The number of carboxylic acid groups (broad SMARTS) is 1. The summed E-state index contributed by atoms with van der Waals surface area (Å²) in [6.45, 7) is -0.00803. The summed E-state index contributed by atoms with van der Waals surface area (Å²) in [6, 6.07) is 0.899. The molecule has 90 valence electrons. The lowest BCUT2D eigenvalue weighted by Gasteiger charge is -1.99. The first-order valence-electron chi connectivity index (χ1n) is 4.28. The first-order valence-corrected chi connectivity index (χ1v) is 5.89. The minimum Gasteiger partial charge on any atom is -0.477 e. The third-order valence-corrected chi connectivity index (χ3v) is 2.61. The SMILES string of the molecule is O=C(O)c1cc(=O)n(CCCS(=O)(=O)O)[nH]1. The summed E-state index contributed by atoms with van der Waals surface area (Å²) >= 11 is 0. The molecule has 0 radical (unpaired) electrons. The van der Waals surface area contributed by atoms with Crippen molar-refractivity contribution in [3.05, 3.63) is 22.1 Å². The fourth-order valence-corrected chi connectivity index (χ4v) is 1.61. The standard InChI is InChI=1S/C7H10N2O6S/c10-6-4-5(7(11)12)8-9(6)2-1-3-16(13,14)15/h4,8H,1-3H2,(H,11,12)(H,13,14,15). The highest BCUT2D eigenvalue weighted by molar-refractivity contribution is 7.85. The average molecular weight is 250 g/mol. The second-order valence-corrected chi connectivity index (χ2v) is 4.68. The summed E-state index contributed by atoms with van der Waals surface area (Å²) in [5.41, 5.74) is -0.829. The average Bonchev–Trinajstić information content (AvgIpc) is 2.46. The molecule has 16 heavy (non-hydrogen) atoms. The number of hydrogen-bond donors (Lipinski definition) is 3. The monoisotopic (exact) mass is 250 g/mol. The number of aryl methyl sites for hydroxylation is 1. The number of carboxylic acids is 1. The fourth-order valence-electron chi connectivity index (χ4n) is 1.11. The van der Waals surface area contributed by atoms with Crippen LogP contribution in [0.15, 0.2) is 10.9 Å². The van der Waals surface area contributed by atoms with Crippen molar-refractivity contribution >= 4 is 16.1 Å². The van der Waals surface area contributed by atoms with Crippen molar-refractivity contribution in [2.45, 2.75) is 13.0 Å². The van der Waals surface area contributed by atoms with E-state index < -0.39 is 27.4 Å². The third-order valence-electron chi connectivity index (χ3n) is 1.80. The quantitative estimate of drug-likeness (QED) is 0.584. The Kier molecular flexibility index (Phi) is 3.50. The molecule has 0 aliphatic carbocycles. The van der Waals surface area contributed by atoms with Crippen LogP contribution in [-0.4, -0.2) is 39.6 Å². The van der Waals surface area contributed by atoms with Crippen molar-refractivity contribution in [1.82, 2.24) is 9.78 Å². The van der Waals surface area contributed by atoms with Crippen molar-refractivity contribution in [1.29, 1.82) is 0 Å². The fraction of sp³-hybridized carbons (Fsp3) is 0.429. The van der Waals surface area contributed by atoms with E-state index in [4.69, 9.17) is 9.66 Å². The van der Waals surface area contributed by atoms with E-state index in [1.165, 1.54) is 0 Å². The van der Waals surface area contributed by atoms with Gasteiger partial charge in [0.05, 0.1) is 5.75 Å². The molecule has 0 unspecified atom stereocenters. The van der Waals surface area contributed by atoms with Gasteiger partial charge in [-0.2, -0.15) is 8.42 Å². The molecule has 3 N–H and O–H groups in total. The van der Waals surface area contributed by atoms with Gasteiger partial charge in [-0.1, -0.05) is 0 Å². The Morgan fingerprint density at radius 2 is 2.12 bits per heavy atom. The van der Waals surface area contributed by atoms with Crippen molar-refractivity contribution in [2.75, 3.05) is 5.75 Å².